The lowest BCUT2D eigenvalue weighted by Crippen LogP contribution is -2.38. The highest BCUT2D eigenvalue weighted by Crippen LogP contribution is 2.16. The average Bonchev–Trinajstić information content (AvgIpc) is 2.62. The van der Waals surface area contributed by atoms with Crippen LogP contribution in [0.25, 0.3) is 0 Å². The molecule has 6 nitrogen and oxygen atoms in total. The van der Waals surface area contributed by atoms with Gasteiger partial charge in [0.05, 0.1) is 6.54 Å². The van der Waals surface area contributed by atoms with Crippen LogP contribution in [0.2, 0.25) is 0 Å². The molecule has 3 N–H and O–H groups in total. The Balaban J connectivity index is 0.00000364. The van der Waals surface area contributed by atoms with E-state index in [9.17, 15) is 9.18 Å². The predicted octanol–water partition coefficient (Wildman–Crippen LogP) is 3.15. The molecule has 0 spiro atoms. The quantitative estimate of drug-likeness (QED) is 0.243. The number of nitrogens with one attached hydrogen (secondary N) is 3. The van der Waals surface area contributed by atoms with Crippen LogP contribution in [0.1, 0.15) is 12.5 Å². The second-order valence-electron chi connectivity index (χ2n) is 5.54. The number of ether oxygens (including phenoxy) is 1. The fourth-order valence-corrected chi connectivity index (χ4v) is 2.21. The molecule has 0 fully saturated rings. The number of benzene rings is 2. The van der Waals surface area contributed by atoms with Gasteiger partial charge in [0.2, 0.25) is 5.91 Å². The van der Waals surface area contributed by atoms with Gasteiger partial charge in [-0.15, -0.1) is 24.0 Å². The van der Waals surface area contributed by atoms with Gasteiger partial charge in [-0.05, 0) is 29.8 Å². The van der Waals surface area contributed by atoms with Crippen molar-refractivity contribution in [2.24, 2.45) is 4.99 Å². The molecule has 0 bridgehead atoms. The van der Waals surface area contributed by atoms with E-state index in [4.69, 9.17) is 4.74 Å². The van der Waals surface area contributed by atoms with Gasteiger partial charge in [0, 0.05) is 32.3 Å². The zero-order valence-corrected chi connectivity index (χ0v) is 17.6. The smallest absolute Gasteiger partial charge is 0.221 e. The number of rotatable bonds is 7. The summed E-state index contributed by atoms with van der Waals surface area (Å²) in [6, 6.07) is 13.5. The monoisotopic (exact) mass is 486 g/mol. The number of hydrogen-bond acceptors (Lipinski definition) is 3. The largest absolute Gasteiger partial charge is 0.492 e. The molecule has 0 atom stereocenters. The van der Waals surface area contributed by atoms with Crippen LogP contribution in [0.5, 0.6) is 5.75 Å². The van der Waals surface area contributed by atoms with Crippen LogP contribution >= 0.6 is 24.0 Å². The van der Waals surface area contributed by atoms with E-state index in [1.807, 2.05) is 12.1 Å². The van der Waals surface area contributed by atoms with Crippen LogP contribution in [0, 0.1) is 5.82 Å². The summed E-state index contributed by atoms with van der Waals surface area (Å²) < 4.78 is 18.6. The fraction of sp³-hybridized carbons (Fsp3) is 0.263. The summed E-state index contributed by atoms with van der Waals surface area (Å²) in [5.74, 6) is 0.924. The molecule has 146 valence electrons. The molecular weight excluding hydrogens is 462 g/mol. The lowest BCUT2D eigenvalue weighted by atomic mass is 10.2. The molecule has 0 aromatic heterocycles. The minimum Gasteiger partial charge on any atom is -0.492 e. The van der Waals surface area contributed by atoms with E-state index >= 15 is 0 Å². The van der Waals surface area contributed by atoms with Gasteiger partial charge in [-0.3, -0.25) is 9.79 Å². The third-order valence-electron chi connectivity index (χ3n) is 3.41. The number of nitrogens with zero attached hydrogens (tertiary/aromatic N) is 1. The third kappa shape index (κ3) is 8.72. The summed E-state index contributed by atoms with van der Waals surface area (Å²) in [6.07, 6.45) is 0. The first-order chi connectivity index (χ1) is 12.6. The van der Waals surface area contributed by atoms with E-state index in [0.717, 1.165) is 5.56 Å². The Hall–Kier alpha value is -2.36. The number of hydrogen-bond donors (Lipinski definition) is 3. The zero-order chi connectivity index (χ0) is 18.8. The van der Waals surface area contributed by atoms with Gasteiger partial charge < -0.3 is 20.7 Å². The summed E-state index contributed by atoms with van der Waals surface area (Å²) in [7, 11) is 1.68. The molecule has 0 heterocycles. The van der Waals surface area contributed by atoms with E-state index in [-0.39, 0.29) is 35.7 Å². The third-order valence-corrected chi connectivity index (χ3v) is 3.41. The van der Waals surface area contributed by atoms with Crippen LogP contribution in [0.4, 0.5) is 10.1 Å². The van der Waals surface area contributed by atoms with E-state index in [1.165, 1.54) is 19.1 Å². The van der Waals surface area contributed by atoms with E-state index in [0.29, 0.717) is 37.1 Å². The van der Waals surface area contributed by atoms with Gasteiger partial charge in [0.1, 0.15) is 18.2 Å². The van der Waals surface area contributed by atoms with Gasteiger partial charge in [0.15, 0.2) is 5.96 Å². The van der Waals surface area contributed by atoms with Crippen molar-refractivity contribution >= 4 is 41.5 Å². The van der Waals surface area contributed by atoms with Crippen LogP contribution < -0.4 is 20.7 Å². The molecule has 0 saturated heterocycles. The average molecular weight is 486 g/mol. The first-order valence-corrected chi connectivity index (χ1v) is 8.26. The number of amides is 1. The number of halogens is 2. The highest BCUT2D eigenvalue weighted by atomic mass is 127. The molecule has 0 unspecified atom stereocenters. The highest BCUT2D eigenvalue weighted by molar-refractivity contribution is 14.0. The van der Waals surface area contributed by atoms with Crippen LogP contribution in [-0.2, 0) is 11.3 Å². The van der Waals surface area contributed by atoms with Crippen molar-refractivity contribution in [3.05, 3.63) is 59.9 Å². The molecule has 2 aromatic carbocycles. The molecule has 2 aromatic rings. The summed E-state index contributed by atoms with van der Waals surface area (Å²) in [5, 5.41) is 9.00. The molecule has 0 radical (unpaired) electrons. The first kappa shape index (κ1) is 22.7. The number of anilines is 1. The molecule has 0 aliphatic heterocycles. The van der Waals surface area contributed by atoms with Crippen molar-refractivity contribution in [3.63, 3.8) is 0 Å². The minimum absolute atomic E-state index is 0. The van der Waals surface area contributed by atoms with Gasteiger partial charge in [-0.25, -0.2) is 4.39 Å². The molecule has 0 aliphatic rings. The Morgan fingerprint density at radius 2 is 1.89 bits per heavy atom. The maximum absolute atomic E-state index is 12.9. The van der Waals surface area contributed by atoms with Gasteiger partial charge in [0.25, 0.3) is 0 Å². The maximum atomic E-state index is 12.9. The van der Waals surface area contributed by atoms with Crippen LogP contribution in [0.3, 0.4) is 0 Å². The number of aliphatic imine (C=N–C) groups is 1. The first-order valence-electron chi connectivity index (χ1n) is 8.26. The van der Waals surface area contributed by atoms with Crippen molar-refractivity contribution in [1.29, 1.82) is 0 Å². The topological polar surface area (TPSA) is 74.8 Å². The van der Waals surface area contributed by atoms with E-state index in [1.54, 1.807) is 31.3 Å². The summed E-state index contributed by atoms with van der Waals surface area (Å²) in [6.45, 7) is 2.98. The SMILES string of the molecule is CN=C(NCCOc1cccc(NC(C)=O)c1)NCc1ccc(F)cc1.I. The molecule has 27 heavy (non-hydrogen) atoms. The van der Waals surface area contributed by atoms with Gasteiger partial charge >= 0.3 is 0 Å². The number of carbonyl (C=O) groups excluding carboxylic acids is 1. The van der Waals surface area contributed by atoms with Crippen molar-refractivity contribution in [3.8, 4) is 5.75 Å². The van der Waals surface area contributed by atoms with Crippen molar-refractivity contribution in [2.45, 2.75) is 13.5 Å². The summed E-state index contributed by atoms with van der Waals surface area (Å²) >= 11 is 0. The molecule has 1 amide bonds. The zero-order valence-electron chi connectivity index (χ0n) is 15.3. The van der Waals surface area contributed by atoms with Crippen molar-refractivity contribution in [1.82, 2.24) is 10.6 Å². The lowest BCUT2D eigenvalue weighted by Gasteiger charge is -2.13. The minimum atomic E-state index is -0.254. The Labute approximate surface area is 175 Å². The normalized spacial score (nSPS) is 10.6. The standard InChI is InChI=1S/C19H23FN4O2.HI/c1-14(25)24-17-4-3-5-18(12-17)26-11-10-22-19(21-2)23-13-15-6-8-16(20)9-7-15;/h3-9,12H,10-11,13H2,1-2H3,(H,24,25)(H2,21,22,23);1H. The Morgan fingerprint density at radius 3 is 2.56 bits per heavy atom. The fourth-order valence-electron chi connectivity index (χ4n) is 2.21. The number of carbonyl (C=O) groups is 1. The second-order valence-corrected chi connectivity index (χ2v) is 5.54. The molecule has 0 saturated carbocycles. The van der Waals surface area contributed by atoms with Crippen molar-refractivity contribution in [2.75, 3.05) is 25.5 Å². The Kier molecular flexibility index (Phi) is 10.2. The van der Waals surface area contributed by atoms with Crippen molar-refractivity contribution < 1.29 is 13.9 Å². The molecule has 8 heteroatoms. The van der Waals surface area contributed by atoms with Gasteiger partial charge in [-0.2, -0.15) is 0 Å². The van der Waals surface area contributed by atoms with E-state index < -0.39 is 0 Å². The second kappa shape index (κ2) is 12.1. The van der Waals surface area contributed by atoms with Crippen LogP contribution in [0.15, 0.2) is 53.5 Å². The predicted molar refractivity (Wildman–Crippen MR) is 116 cm³/mol. The van der Waals surface area contributed by atoms with Gasteiger partial charge in [-0.1, -0.05) is 18.2 Å². The summed E-state index contributed by atoms with van der Waals surface area (Å²) in [4.78, 5) is 15.2. The summed E-state index contributed by atoms with van der Waals surface area (Å²) in [5.41, 5.74) is 1.65. The van der Waals surface area contributed by atoms with E-state index in [2.05, 4.69) is 20.9 Å². The molecular formula is C19H24FIN4O2. The Bertz CT molecular complexity index is 754. The van der Waals surface area contributed by atoms with Crippen LogP contribution in [-0.4, -0.2) is 32.1 Å². The number of guanidine groups is 1. The molecule has 2 rings (SSSR count). The lowest BCUT2D eigenvalue weighted by molar-refractivity contribution is -0.114. The highest BCUT2D eigenvalue weighted by Gasteiger charge is 2.01. The Morgan fingerprint density at radius 1 is 1.15 bits per heavy atom. The molecule has 0 aliphatic carbocycles. The maximum Gasteiger partial charge on any atom is 0.221 e.